The summed E-state index contributed by atoms with van der Waals surface area (Å²) in [5.74, 6) is 2.39. The van der Waals surface area contributed by atoms with Crippen molar-refractivity contribution in [3.05, 3.63) is 29.8 Å². The fourth-order valence-corrected chi connectivity index (χ4v) is 3.64. The van der Waals surface area contributed by atoms with Gasteiger partial charge in [0.2, 0.25) is 0 Å². The first kappa shape index (κ1) is 16.4. The van der Waals surface area contributed by atoms with Gasteiger partial charge in [-0.2, -0.15) is 0 Å². The summed E-state index contributed by atoms with van der Waals surface area (Å²) >= 11 is 0. The zero-order chi connectivity index (χ0) is 15.5. The number of benzene rings is 1. The highest BCUT2D eigenvalue weighted by Gasteiger charge is 2.32. The second kappa shape index (κ2) is 6.83. The highest BCUT2D eigenvalue weighted by molar-refractivity contribution is 5.36. The van der Waals surface area contributed by atoms with Crippen molar-refractivity contribution >= 4 is 0 Å². The van der Waals surface area contributed by atoms with Gasteiger partial charge in [-0.1, -0.05) is 39.0 Å². The van der Waals surface area contributed by atoms with Crippen molar-refractivity contribution in [3.8, 4) is 5.75 Å². The Hall–Kier alpha value is -1.02. The maximum absolute atomic E-state index is 6.58. The molecule has 0 heterocycles. The summed E-state index contributed by atoms with van der Waals surface area (Å²) in [7, 11) is 0. The normalized spacial score (nSPS) is 24.6. The minimum absolute atomic E-state index is 0.105. The monoisotopic (exact) mass is 289 g/mol. The van der Waals surface area contributed by atoms with Crippen LogP contribution < -0.4 is 10.5 Å². The molecule has 0 saturated heterocycles. The molecule has 1 aromatic carbocycles. The van der Waals surface area contributed by atoms with Crippen molar-refractivity contribution < 1.29 is 4.74 Å². The topological polar surface area (TPSA) is 35.2 Å². The Morgan fingerprint density at radius 3 is 2.33 bits per heavy atom. The first-order valence-corrected chi connectivity index (χ1v) is 8.40. The van der Waals surface area contributed by atoms with E-state index in [1.54, 1.807) is 0 Å². The van der Waals surface area contributed by atoms with E-state index < -0.39 is 0 Å². The van der Waals surface area contributed by atoms with Crippen LogP contribution in [0.3, 0.4) is 0 Å². The van der Waals surface area contributed by atoms with E-state index in [9.17, 15) is 0 Å². The summed E-state index contributed by atoms with van der Waals surface area (Å²) in [6, 6.07) is 8.37. The minimum Gasteiger partial charge on any atom is -0.494 e. The molecule has 2 N–H and O–H groups in total. The second-order valence-corrected chi connectivity index (χ2v) is 7.47. The fraction of sp³-hybridized carbons (Fsp3) is 0.684. The fourth-order valence-electron chi connectivity index (χ4n) is 3.64. The molecule has 1 aliphatic carbocycles. The van der Waals surface area contributed by atoms with Gasteiger partial charge in [0, 0.05) is 11.6 Å². The molecule has 0 aromatic heterocycles. The van der Waals surface area contributed by atoms with Crippen LogP contribution in [0, 0.1) is 17.3 Å². The van der Waals surface area contributed by atoms with Crippen LogP contribution in [0.4, 0.5) is 0 Å². The maximum Gasteiger partial charge on any atom is 0.124 e. The molecule has 1 aliphatic rings. The van der Waals surface area contributed by atoms with E-state index in [1.165, 1.54) is 31.2 Å². The Kier molecular flexibility index (Phi) is 5.32. The molecule has 2 rings (SSSR count). The Morgan fingerprint density at radius 2 is 1.76 bits per heavy atom. The van der Waals surface area contributed by atoms with Crippen LogP contribution in [0.25, 0.3) is 0 Å². The first-order valence-electron chi connectivity index (χ1n) is 8.40. The van der Waals surface area contributed by atoms with Crippen LogP contribution >= 0.6 is 0 Å². The van der Waals surface area contributed by atoms with Crippen LogP contribution in [0.15, 0.2) is 24.3 Å². The third-order valence-corrected chi connectivity index (χ3v) is 5.08. The highest BCUT2D eigenvalue weighted by Crippen LogP contribution is 2.43. The van der Waals surface area contributed by atoms with Gasteiger partial charge in [0.05, 0.1) is 6.61 Å². The smallest absolute Gasteiger partial charge is 0.124 e. The Labute approximate surface area is 130 Å². The average Bonchev–Trinajstić information content (AvgIpc) is 2.47. The molecule has 118 valence electrons. The van der Waals surface area contributed by atoms with Gasteiger partial charge in [0.25, 0.3) is 0 Å². The molecule has 2 heteroatoms. The molecule has 0 bridgehead atoms. The molecule has 1 atom stereocenters. The largest absolute Gasteiger partial charge is 0.494 e. The van der Waals surface area contributed by atoms with E-state index in [-0.39, 0.29) is 6.04 Å². The van der Waals surface area contributed by atoms with Gasteiger partial charge < -0.3 is 10.5 Å². The molecule has 1 fully saturated rings. The van der Waals surface area contributed by atoms with E-state index in [0.29, 0.717) is 17.9 Å². The molecular formula is C19H31NO. The lowest BCUT2D eigenvalue weighted by Gasteiger charge is -2.39. The Balaban J connectivity index is 2.04. The predicted octanol–water partition coefficient (Wildman–Crippen LogP) is 4.94. The zero-order valence-electron chi connectivity index (χ0n) is 14.1. The lowest BCUT2D eigenvalue weighted by molar-refractivity contribution is 0.139. The quantitative estimate of drug-likeness (QED) is 0.852. The molecule has 0 aliphatic heterocycles. The molecule has 21 heavy (non-hydrogen) atoms. The van der Waals surface area contributed by atoms with Crippen LogP contribution in [0.1, 0.15) is 65.0 Å². The van der Waals surface area contributed by atoms with Gasteiger partial charge in [0.15, 0.2) is 0 Å². The van der Waals surface area contributed by atoms with Gasteiger partial charge in [-0.25, -0.2) is 0 Å². The van der Waals surface area contributed by atoms with E-state index in [4.69, 9.17) is 10.5 Å². The van der Waals surface area contributed by atoms with Crippen molar-refractivity contribution in [1.29, 1.82) is 0 Å². The molecule has 0 spiro atoms. The number of hydrogen-bond acceptors (Lipinski definition) is 2. The van der Waals surface area contributed by atoms with Crippen molar-refractivity contribution in [3.63, 3.8) is 0 Å². The Bertz CT molecular complexity index is 441. The number of para-hydroxylation sites is 1. The van der Waals surface area contributed by atoms with Crippen LogP contribution in [0.5, 0.6) is 5.75 Å². The summed E-state index contributed by atoms with van der Waals surface area (Å²) in [5, 5.41) is 0. The van der Waals surface area contributed by atoms with Gasteiger partial charge in [-0.15, -0.1) is 0 Å². The van der Waals surface area contributed by atoms with Crippen molar-refractivity contribution in [2.75, 3.05) is 6.61 Å². The SMILES string of the molecule is CCOc1ccccc1C(N)C1CCC(C(C)(C)C)CC1. The third-order valence-electron chi connectivity index (χ3n) is 5.08. The molecule has 0 amide bonds. The van der Waals surface area contributed by atoms with Gasteiger partial charge in [0.1, 0.15) is 5.75 Å². The number of hydrogen-bond donors (Lipinski definition) is 1. The van der Waals surface area contributed by atoms with Crippen molar-refractivity contribution in [2.45, 2.75) is 59.4 Å². The van der Waals surface area contributed by atoms with Crippen LogP contribution in [-0.2, 0) is 0 Å². The molecule has 1 unspecified atom stereocenters. The first-order chi connectivity index (χ1) is 9.93. The molecule has 0 radical (unpaired) electrons. The van der Waals surface area contributed by atoms with Crippen molar-refractivity contribution in [2.24, 2.45) is 23.0 Å². The van der Waals surface area contributed by atoms with Crippen LogP contribution in [0.2, 0.25) is 0 Å². The summed E-state index contributed by atoms with van der Waals surface area (Å²) in [6.45, 7) is 9.81. The van der Waals surface area contributed by atoms with E-state index >= 15 is 0 Å². The maximum atomic E-state index is 6.58. The zero-order valence-corrected chi connectivity index (χ0v) is 14.1. The van der Waals surface area contributed by atoms with E-state index in [0.717, 1.165) is 11.7 Å². The van der Waals surface area contributed by atoms with E-state index in [2.05, 4.69) is 32.9 Å². The van der Waals surface area contributed by atoms with E-state index in [1.807, 2.05) is 19.1 Å². The second-order valence-electron chi connectivity index (χ2n) is 7.47. The number of rotatable bonds is 4. The lowest BCUT2D eigenvalue weighted by Crippen LogP contribution is -2.30. The van der Waals surface area contributed by atoms with Gasteiger partial charge >= 0.3 is 0 Å². The molecule has 1 saturated carbocycles. The van der Waals surface area contributed by atoms with Gasteiger partial charge in [-0.3, -0.25) is 0 Å². The third kappa shape index (κ3) is 4.00. The molecular weight excluding hydrogens is 258 g/mol. The van der Waals surface area contributed by atoms with Crippen LogP contribution in [-0.4, -0.2) is 6.61 Å². The standard InChI is InChI=1S/C19H31NO/c1-5-21-17-9-7-6-8-16(17)18(20)14-10-12-15(13-11-14)19(2,3)4/h6-9,14-15,18H,5,10-13,20H2,1-4H3. The minimum atomic E-state index is 0.105. The lowest BCUT2D eigenvalue weighted by atomic mass is 9.68. The predicted molar refractivity (Wildman–Crippen MR) is 89.4 cm³/mol. The highest BCUT2D eigenvalue weighted by atomic mass is 16.5. The summed E-state index contributed by atoms with van der Waals surface area (Å²) in [6.07, 6.45) is 5.09. The number of nitrogens with two attached hydrogens (primary N) is 1. The average molecular weight is 289 g/mol. The Morgan fingerprint density at radius 1 is 1.14 bits per heavy atom. The van der Waals surface area contributed by atoms with Crippen molar-refractivity contribution in [1.82, 2.24) is 0 Å². The summed E-state index contributed by atoms with van der Waals surface area (Å²) in [5.41, 5.74) is 8.18. The summed E-state index contributed by atoms with van der Waals surface area (Å²) < 4.78 is 5.74. The number of ether oxygens (including phenoxy) is 1. The molecule has 2 nitrogen and oxygen atoms in total. The molecule has 1 aromatic rings. The summed E-state index contributed by atoms with van der Waals surface area (Å²) in [4.78, 5) is 0. The van der Waals surface area contributed by atoms with Gasteiger partial charge in [-0.05, 0) is 55.9 Å².